The van der Waals surface area contributed by atoms with Gasteiger partial charge in [-0.3, -0.25) is 4.79 Å². The highest BCUT2D eigenvalue weighted by atomic mass is 35.5. The maximum atomic E-state index is 11.8. The molecule has 0 aliphatic heterocycles. The Hall–Kier alpha value is -1.52. The van der Waals surface area contributed by atoms with Gasteiger partial charge in [-0.1, -0.05) is 24.6 Å². The first-order valence-electron chi connectivity index (χ1n) is 6.90. The lowest BCUT2D eigenvalue weighted by molar-refractivity contribution is -0.121. The number of carbonyl (C=O) groups excluding carboxylic acids is 1. The molecular formula is C15H20ClN3O. The van der Waals surface area contributed by atoms with Crippen molar-refractivity contribution in [2.75, 3.05) is 13.1 Å². The summed E-state index contributed by atoms with van der Waals surface area (Å²) in [6, 6.07) is 5.81. The van der Waals surface area contributed by atoms with E-state index in [1.54, 1.807) is 0 Å². The number of benzene rings is 1. The maximum Gasteiger partial charge on any atom is 0.239 e. The molecule has 2 aromatic rings. The van der Waals surface area contributed by atoms with E-state index >= 15 is 0 Å². The van der Waals surface area contributed by atoms with Crippen LogP contribution in [0.25, 0.3) is 10.9 Å². The molecule has 0 saturated carbocycles. The molecule has 1 aromatic heterocycles. The molecule has 0 spiro atoms. The second-order valence-corrected chi connectivity index (χ2v) is 5.11. The number of carbonyl (C=O) groups is 1. The summed E-state index contributed by atoms with van der Waals surface area (Å²) >= 11 is 6.07. The molecular weight excluding hydrogens is 274 g/mol. The van der Waals surface area contributed by atoms with Crippen molar-refractivity contribution < 1.29 is 4.79 Å². The third-order valence-corrected chi connectivity index (χ3v) is 3.42. The van der Waals surface area contributed by atoms with E-state index in [0.717, 1.165) is 24.0 Å². The van der Waals surface area contributed by atoms with Crippen molar-refractivity contribution in [3.05, 3.63) is 35.0 Å². The van der Waals surface area contributed by atoms with Gasteiger partial charge in [-0.15, -0.1) is 0 Å². The zero-order chi connectivity index (χ0) is 14.5. The van der Waals surface area contributed by atoms with Gasteiger partial charge in [0.1, 0.15) is 6.54 Å². The van der Waals surface area contributed by atoms with Gasteiger partial charge >= 0.3 is 0 Å². The molecule has 108 valence electrons. The molecule has 1 heterocycles. The Morgan fingerprint density at radius 2 is 2.10 bits per heavy atom. The maximum absolute atomic E-state index is 11.8. The molecule has 0 atom stereocenters. The van der Waals surface area contributed by atoms with Crippen molar-refractivity contribution in [1.29, 1.82) is 0 Å². The van der Waals surface area contributed by atoms with Gasteiger partial charge in [0.25, 0.3) is 0 Å². The fraction of sp³-hybridized carbons (Fsp3) is 0.400. The Morgan fingerprint density at radius 3 is 2.80 bits per heavy atom. The molecule has 0 bridgehead atoms. The molecule has 2 N–H and O–H groups in total. The minimum absolute atomic E-state index is 0.0133. The number of halogens is 1. The van der Waals surface area contributed by atoms with E-state index in [-0.39, 0.29) is 5.91 Å². The highest BCUT2D eigenvalue weighted by Gasteiger charge is 2.11. The molecule has 0 unspecified atom stereocenters. The Balaban J connectivity index is 2.37. The number of amides is 1. The summed E-state index contributed by atoms with van der Waals surface area (Å²) in [5.74, 6) is 0.0133. The number of likely N-dealkylation sites (N-methyl/N-ethyl adjacent to an activating group) is 1. The number of hydrogen-bond donors (Lipinski definition) is 2. The van der Waals surface area contributed by atoms with Crippen molar-refractivity contribution in [3.63, 3.8) is 0 Å². The highest BCUT2D eigenvalue weighted by Crippen LogP contribution is 2.24. The Labute approximate surface area is 124 Å². The average Bonchev–Trinajstić information content (AvgIpc) is 2.74. The molecule has 5 heteroatoms. The lowest BCUT2D eigenvalue weighted by Crippen LogP contribution is -2.26. The number of nitrogens with zero attached hydrogens (tertiary/aromatic N) is 1. The first-order valence-corrected chi connectivity index (χ1v) is 7.28. The van der Waals surface area contributed by atoms with Gasteiger partial charge in [0.15, 0.2) is 0 Å². The number of rotatable bonds is 6. The normalized spacial score (nSPS) is 10.9. The smallest absolute Gasteiger partial charge is 0.239 e. The largest absolute Gasteiger partial charge is 0.355 e. The minimum atomic E-state index is 0.0133. The molecule has 0 aliphatic rings. The number of hydrogen-bond acceptors (Lipinski definition) is 2. The lowest BCUT2D eigenvalue weighted by Gasteiger charge is -2.05. The van der Waals surface area contributed by atoms with Crippen LogP contribution in [0.5, 0.6) is 0 Å². The first-order chi connectivity index (χ1) is 9.65. The molecule has 0 saturated heterocycles. The van der Waals surface area contributed by atoms with Gasteiger partial charge in [-0.05, 0) is 31.2 Å². The second kappa shape index (κ2) is 6.77. The van der Waals surface area contributed by atoms with Gasteiger partial charge in [0.2, 0.25) is 5.91 Å². The van der Waals surface area contributed by atoms with Crippen LogP contribution in [0.2, 0.25) is 5.02 Å². The van der Waals surface area contributed by atoms with Gasteiger partial charge in [0.05, 0.1) is 5.52 Å². The van der Waals surface area contributed by atoms with Gasteiger partial charge in [0, 0.05) is 29.7 Å². The molecule has 4 nitrogen and oxygen atoms in total. The van der Waals surface area contributed by atoms with Crippen molar-refractivity contribution in [2.45, 2.75) is 26.9 Å². The van der Waals surface area contributed by atoms with E-state index in [9.17, 15) is 4.79 Å². The number of aromatic nitrogens is 1. The topological polar surface area (TPSA) is 46.1 Å². The quantitative estimate of drug-likeness (QED) is 0.860. The van der Waals surface area contributed by atoms with Crippen LogP contribution in [0, 0.1) is 0 Å². The predicted octanol–water partition coefficient (Wildman–Crippen LogP) is 2.54. The zero-order valence-electron chi connectivity index (χ0n) is 11.9. The molecule has 2 rings (SSSR count). The standard InChI is InChI=1S/C15H20ClN3O/c1-3-17-8-11-9-19(10-15(20)18-4-2)14-7-12(16)5-6-13(11)14/h5-7,9,17H,3-4,8,10H2,1-2H3,(H,18,20). The fourth-order valence-electron chi connectivity index (χ4n) is 2.28. The second-order valence-electron chi connectivity index (χ2n) is 4.68. The van der Waals surface area contributed by atoms with Crippen molar-refractivity contribution in [3.8, 4) is 0 Å². The first kappa shape index (κ1) is 14.9. The van der Waals surface area contributed by atoms with Crippen molar-refractivity contribution in [1.82, 2.24) is 15.2 Å². The fourth-order valence-corrected chi connectivity index (χ4v) is 2.45. The summed E-state index contributed by atoms with van der Waals surface area (Å²) in [6.07, 6.45) is 2.03. The Kier molecular flexibility index (Phi) is 5.04. The number of fused-ring (bicyclic) bond motifs is 1. The SMILES string of the molecule is CCNCc1cn(CC(=O)NCC)c2cc(Cl)ccc12. The van der Waals surface area contributed by atoms with Crippen LogP contribution in [0.15, 0.2) is 24.4 Å². The van der Waals surface area contributed by atoms with Crippen molar-refractivity contribution >= 4 is 28.4 Å². The van der Waals surface area contributed by atoms with E-state index in [1.807, 2.05) is 35.9 Å². The summed E-state index contributed by atoms with van der Waals surface area (Å²) in [7, 11) is 0. The third kappa shape index (κ3) is 3.32. The van der Waals surface area contributed by atoms with Crippen molar-refractivity contribution in [2.24, 2.45) is 0 Å². The molecule has 1 aromatic carbocycles. The summed E-state index contributed by atoms with van der Waals surface area (Å²) in [6.45, 7) is 6.65. The Bertz CT molecular complexity index is 606. The Morgan fingerprint density at radius 1 is 1.30 bits per heavy atom. The van der Waals surface area contributed by atoms with Crippen LogP contribution in [-0.2, 0) is 17.9 Å². The van der Waals surface area contributed by atoms with Crippen LogP contribution in [0.3, 0.4) is 0 Å². The van der Waals surface area contributed by atoms with Gasteiger partial charge < -0.3 is 15.2 Å². The van der Waals surface area contributed by atoms with Gasteiger partial charge in [-0.2, -0.15) is 0 Å². The number of nitrogens with one attached hydrogen (secondary N) is 2. The van der Waals surface area contributed by atoms with Crippen LogP contribution in [0.1, 0.15) is 19.4 Å². The van der Waals surface area contributed by atoms with E-state index in [2.05, 4.69) is 17.6 Å². The van der Waals surface area contributed by atoms with Crippen LogP contribution in [0.4, 0.5) is 0 Å². The van der Waals surface area contributed by atoms with Crippen LogP contribution in [-0.4, -0.2) is 23.6 Å². The summed E-state index contributed by atoms with van der Waals surface area (Å²) in [5, 5.41) is 7.96. The predicted molar refractivity (Wildman–Crippen MR) is 83.0 cm³/mol. The van der Waals surface area contributed by atoms with Crippen LogP contribution >= 0.6 is 11.6 Å². The average molecular weight is 294 g/mol. The molecule has 0 radical (unpaired) electrons. The molecule has 0 fully saturated rings. The third-order valence-electron chi connectivity index (χ3n) is 3.18. The van der Waals surface area contributed by atoms with Gasteiger partial charge in [-0.25, -0.2) is 0 Å². The van der Waals surface area contributed by atoms with Crippen LogP contribution < -0.4 is 10.6 Å². The molecule has 20 heavy (non-hydrogen) atoms. The van der Waals surface area contributed by atoms with E-state index in [0.29, 0.717) is 18.1 Å². The summed E-state index contributed by atoms with van der Waals surface area (Å²) in [4.78, 5) is 11.8. The monoisotopic (exact) mass is 293 g/mol. The van der Waals surface area contributed by atoms with E-state index in [4.69, 9.17) is 11.6 Å². The van der Waals surface area contributed by atoms with E-state index in [1.165, 1.54) is 5.56 Å². The summed E-state index contributed by atoms with van der Waals surface area (Å²) < 4.78 is 1.96. The summed E-state index contributed by atoms with van der Waals surface area (Å²) in [5.41, 5.74) is 2.18. The molecule has 1 amide bonds. The minimum Gasteiger partial charge on any atom is -0.355 e. The van der Waals surface area contributed by atoms with E-state index < -0.39 is 0 Å². The highest BCUT2D eigenvalue weighted by molar-refractivity contribution is 6.31. The molecule has 0 aliphatic carbocycles. The zero-order valence-corrected chi connectivity index (χ0v) is 12.6. The lowest BCUT2D eigenvalue weighted by atomic mass is 10.2.